The summed E-state index contributed by atoms with van der Waals surface area (Å²) in [6.45, 7) is 9.24. The third-order valence-corrected chi connectivity index (χ3v) is 5.51. The summed E-state index contributed by atoms with van der Waals surface area (Å²) in [5.41, 5.74) is 3.23. The average Bonchev–Trinajstić information content (AvgIpc) is 2.68. The predicted octanol–water partition coefficient (Wildman–Crippen LogP) is 4.08. The zero-order valence-corrected chi connectivity index (χ0v) is 10.7. The van der Waals surface area contributed by atoms with Crippen LogP contribution in [0.25, 0.3) is 0 Å². The highest BCUT2D eigenvalue weighted by atomic mass is 16.3. The summed E-state index contributed by atoms with van der Waals surface area (Å²) < 4.78 is 0. The molecule has 1 nitrogen and oxygen atoms in total. The Morgan fingerprint density at radius 2 is 2.00 bits per heavy atom. The van der Waals surface area contributed by atoms with E-state index in [9.17, 15) is 5.11 Å². The van der Waals surface area contributed by atoms with Crippen LogP contribution in [0.1, 0.15) is 40.5 Å². The summed E-state index contributed by atoms with van der Waals surface area (Å²) >= 11 is 0. The second kappa shape index (κ2) is 2.94. The molecule has 1 heteroatoms. The fourth-order valence-electron chi connectivity index (χ4n) is 4.29. The van der Waals surface area contributed by atoms with E-state index in [0.717, 1.165) is 11.8 Å². The van der Waals surface area contributed by atoms with Gasteiger partial charge in [0, 0.05) is 5.92 Å². The van der Waals surface area contributed by atoms with Gasteiger partial charge < -0.3 is 5.11 Å². The van der Waals surface area contributed by atoms with Crippen molar-refractivity contribution >= 4 is 0 Å². The second-order valence-electron chi connectivity index (χ2n) is 6.62. The molecular weight excluding hydrogens is 196 g/mol. The van der Waals surface area contributed by atoms with Crippen molar-refractivity contribution in [3.8, 4) is 0 Å². The molecule has 3 aliphatic carbocycles. The largest absolute Gasteiger partial charge is 0.508 e. The Labute approximate surface area is 98.2 Å². The quantitative estimate of drug-likeness (QED) is 0.649. The van der Waals surface area contributed by atoms with Crippen LogP contribution in [0.4, 0.5) is 0 Å². The van der Waals surface area contributed by atoms with Crippen LogP contribution in [-0.4, -0.2) is 5.11 Å². The van der Waals surface area contributed by atoms with Crippen LogP contribution in [-0.2, 0) is 0 Å². The van der Waals surface area contributed by atoms with E-state index in [-0.39, 0.29) is 0 Å². The van der Waals surface area contributed by atoms with Crippen LogP contribution in [0, 0.1) is 29.1 Å². The van der Waals surface area contributed by atoms with Gasteiger partial charge >= 0.3 is 0 Å². The van der Waals surface area contributed by atoms with Crippen LogP contribution in [0.5, 0.6) is 0 Å². The minimum absolute atomic E-state index is 0.496. The molecule has 0 radical (unpaired) electrons. The van der Waals surface area contributed by atoms with E-state index in [1.165, 1.54) is 24.0 Å². The predicted molar refractivity (Wildman–Crippen MR) is 66.1 cm³/mol. The summed E-state index contributed by atoms with van der Waals surface area (Å²) in [7, 11) is 0. The Morgan fingerprint density at radius 1 is 1.31 bits per heavy atom. The van der Waals surface area contributed by atoms with E-state index in [2.05, 4.69) is 33.8 Å². The van der Waals surface area contributed by atoms with Gasteiger partial charge in [0.25, 0.3) is 0 Å². The Kier molecular flexibility index (Phi) is 1.92. The van der Waals surface area contributed by atoms with E-state index in [1.54, 1.807) is 0 Å². The van der Waals surface area contributed by atoms with Crippen LogP contribution < -0.4 is 0 Å². The monoisotopic (exact) mass is 218 g/mol. The van der Waals surface area contributed by atoms with Gasteiger partial charge in [-0.05, 0) is 54.6 Å². The molecule has 0 aliphatic heterocycles. The smallest absolute Gasteiger partial charge is 0.115 e. The molecule has 0 unspecified atom stereocenters. The minimum Gasteiger partial charge on any atom is -0.508 e. The average molecular weight is 218 g/mol. The second-order valence-corrected chi connectivity index (χ2v) is 6.62. The molecule has 0 aromatic heterocycles. The first-order valence-electron chi connectivity index (χ1n) is 6.55. The van der Waals surface area contributed by atoms with Gasteiger partial charge in [-0.15, -0.1) is 0 Å². The van der Waals surface area contributed by atoms with Gasteiger partial charge in [-0.1, -0.05) is 26.3 Å². The normalized spacial score (nSPS) is 44.6. The van der Waals surface area contributed by atoms with Crippen molar-refractivity contribution in [1.82, 2.24) is 0 Å². The maximum Gasteiger partial charge on any atom is 0.115 e. The Morgan fingerprint density at radius 3 is 2.69 bits per heavy atom. The fourth-order valence-corrected chi connectivity index (χ4v) is 4.29. The van der Waals surface area contributed by atoms with Crippen LogP contribution in [0.3, 0.4) is 0 Å². The molecule has 0 aromatic rings. The van der Waals surface area contributed by atoms with Crippen molar-refractivity contribution in [3.63, 3.8) is 0 Å². The molecule has 2 saturated carbocycles. The molecule has 2 fully saturated rings. The zero-order valence-electron chi connectivity index (χ0n) is 10.7. The topological polar surface area (TPSA) is 20.2 Å². The lowest BCUT2D eigenvalue weighted by Gasteiger charge is -2.22. The molecular formula is C15H22O. The summed E-state index contributed by atoms with van der Waals surface area (Å²) in [5, 5.41) is 9.95. The minimum atomic E-state index is 0.496. The van der Waals surface area contributed by atoms with E-state index < -0.39 is 0 Å². The third-order valence-electron chi connectivity index (χ3n) is 5.51. The summed E-state index contributed by atoms with van der Waals surface area (Å²) in [6, 6.07) is 0. The van der Waals surface area contributed by atoms with Gasteiger partial charge in [0.2, 0.25) is 0 Å². The summed E-state index contributed by atoms with van der Waals surface area (Å²) in [5.74, 6) is 3.43. The third kappa shape index (κ3) is 1.12. The maximum absolute atomic E-state index is 9.95. The van der Waals surface area contributed by atoms with Crippen LogP contribution in [0.2, 0.25) is 0 Å². The molecule has 0 bridgehead atoms. The molecule has 0 amide bonds. The highest BCUT2D eigenvalue weighted by Gasteiger charge is 2.63. The van der Waals surface area contributed by atoms with Crippen molar-refractivity contribution in [3.05, 3.63) is 23.0 Å². The molecule has 3 rings (SSSR count). The van der Waals surface area contributed by atoms with Crippen molar-refractivity contribution < 1.29 is 5.11 Å². The van der Waals surface area contributed by atoms with E-state index in [4.69, 9.17) is 0 Å². The molecule has 0 spiro atoms. The molecule has 0 saturated heterocycles. The number of allylic oxidation sites excluding steroid dienone is 3. The maximum atomic E-state index is 9.95. The lowest BCUT2D eigenvalue weighted by Crippen LogP contribution is -2.13. The van der Waals surface area contributed by atoms with Gasteiger partial charge in [-0.25, -0.2) is 0 Å². The lowest BCUT2D eigenvalue weighted by molar-refractivity contribution is 0.412. The number of rotatable bonds is 0. The molecule has 16 heavy (non-hydrogen) atoms. The van der Waals surface area contributed by atoms with E-state index >= 15 is 0 Å². The van der Waals surface area contributed by atoms with Crippen molar-refractivity contribution in [2.75, 3.05) is 0 Å². The van der Waals surface area contributed by atoms with Crippen LogP contribution >= 0.6 is 0 Å². The Balaban J connectivity index is 2.02. The van der Waals surface area contributed by atoms with Gasteiger partial charge in [-0.2, -0.15) is 0 Å². The first kappa shape index (κ1) is 10.4. The highest BCUT2D eigenvalue weighted by Crippen LogP contribution is 2.69. The molecule has 1 N–H and O–H groups in total. The number of hydrogen-bond donors (Lipinski definition) is 1. The first-order chi connectivity index (χ1) is 7.44. The molecule has 4 atom stereocenters. The van der Waals surface area contributed by atoms with Gasteiger partial charge in [0.05, 0.1) is 0 Å². The van der Waals surface area contributed by atoms with Crippen molar-refractivity contribution in [2.24, 2.45) is 29.1 Å². The lowest BCUT2D eigenvalue weighted by atomic mass is 9.82. The fraction of sp³-hybridized carbons (Fsp3) is 0.733. The molecule has 3 aliphatic rings. The molecule has 0 heterocycles. The molecule has 0 aromatic carbocycles. The van der Waals surface area contributed by atoms with E-state index in [1.807, 2.05) is 0 Å². The van der Waals surface area contributed by atoms with Crippen LogP contribution in [0.15, 0.2) is 23.0 Å². The standard InChI is InChI=1S/C15H22O/c1-8-5-6-11-14(15(11,3)4)13-9(2)12(16)7-10(8)13/h7-8,11,13-14,16H,5-6H2,1-4H3/t8-,11-,13-,14-/m1/s1. The number of hydrogen-bond acceptors (Lipinski definition) is 1. The van der Waals surface area contributed by atoms with Gasteiger partial charge in [-0.3, -0.25) is 0 Å². The number of aliphatic hydroxyl groups excluding tert-OH is 1. The Bertz CT molecular complexity index is 400. The highest BCUT2D eigenvalue weighted by molar-refractivity contribution is 5.42. The SMILES string of the molecule is CC1=C(O)C=C2[C@@H]1[C@H]1[C@@H](CC[C@H]2C)C1(C)C. The van der Waals surface area contributed by atoms with Crippen molar-refractivity contribution in [2.45, 2.75) is 40.5 Å². The summed E-state index contributed by atoms with van der Waals surface area (Å²) in [6.07, 6.45) is 4.73. The van der Waals surface area contributed by atoms with Gasteiger partial charge in [0.1, 0.15) is 5.76 Å². The summed E-state index contributed by atoms with van der Waals surface area (Å²) in [4.78, 5) is 0. The van der Waals surface area contributed by atoms with E-state index in [0.29, 0.717) is 23.0 Å². The number of aliphatic hydroxyl groups is 1. The number of fused-ring (bicyclic) bond motifs is 3. The first-order valence-corrected chi connectivity index (χ1v) is 6.55. The van der Waals surface area contributed by atoms with Crippen molar-refractivity contribution in [1.29, 1.82) is 0 Å². The Hall–Kier alpha value is -0.720. The van der Waals surface area contributed by atoms with Gasteiger partial charge in [0.15, 0.2) is 0 Å². The zero-order chi connectivity index (χ0) is 11.7. The molecule has 88 valence electrons.